The van der Waals surface area contributed by atoms with Crippen molar-refractivity contribution in [2.75, 3.05) is 6.26 Å². The number of halogens is 2. The van der Waals surface area contributed by atoms with Gasteiger partial charge in [-0.3, -0.25) is 0 Å². The molecule has 22 heavy (non-hydrogen) atoms. The van der Waals surface area contributed by atoms with Crippen molar-refractivity contribution in [1.82, 2.24) is 0 Å². The molecule has 0 fully saturated rings. The fraction of sp³-hybridized carbons (Fsp3) is 0.133. The van der Waals surface area contributed by atoms with Crippen LogP contribution in [0.4, 0.5) is 0 Å². The second-order valence-corrected chi connectivity index (χ2v) is 8.16. The van der Waals surface area contributed by atoms with Crippen molar-refractivity contribution in [2.45, 2.75) is 5.75 Å². The molecule has 2 aromatic rings. The summed E-state index contributed by atoms with van der Waals surface area (Å²) in [4.78, 5) is 12.1. The zero-order valence-electron chi connectivity index (χ0n) is 11.5. The molecule has 0 aliphatic rings. The Kier molecular flexibility index (Phi) is 5.26. The first kappa shape index (κ1) is 17.0. The van der Waals surface area contributed by atoms with E-state index in [1.54, 1.807) is 30.3 Å². The van der Waals surface area contributed by atoms with Crippen LogP contribution in [0.3, 0.4) is 0 Å². The summed E-state index contributed by atoms with van der Waals surface area (Å²) in [6, 6.07) is 11.1. The van der Waals surface area contributed by atoms with Crippen molar-refractivity contribution in [3.8, 4) is 5.75 Å². The van der Waals surface area contributed by atoms with Crippen molar-refractivity contribution >= 4 is 43.3 Å². The third-order valence-corrected chi connectivity index (χ3v) is 4.43. The van der Waals surface area contributed by atoms with Gasteiger partial charge >= 0.3 is 5.97 Å². The number of benzene rings is 2. The Morgan fingerprint density at radius 2 is 1.82 bits per heavy atom. The number of carbonyl (C=O) groups is 1. The molecule has 0 bridgehead atoms. The van der Waals surface area contributed by atoms with E-state index in [-0.39, 0.29) is 5.75 Å². The highest BCUT2D eigenvalue weighted by molar-refractivity contribution is 9.10. The Labute approximate surface area is 142 Å². The van der Waals surface area contributed by atoms with Gasteiger partial charge in [0.2, 0.25) is 0 Å². The number of rotatable bonds is 4. The molecule has 0 aliphatic heterocycles. The van der Waals surface area contributed by atoms with Gasteiger partial charge in [0.15, 0.2) is 9.84 Å². The molecular formula is C15H12BrClO4S. The van der Waals surface area contributed by atoms with Crippen LogP contribution >= 0.6 is 27.5 Å². The second kappa shape index (κ2) is 6.81. The largest absolute Gasteiger partial charge is 0.422 e. The summed E-state index contributed by atoms with van der Waals surface area (Å²) in [6.45, 7) is 0. The number of ether oxygens (including phenoxy) is 1. The Morgan fingerprint density at radius 1 is 1.18 bits per heavy atom. The van der Waals surface area contributed by atoms with Crippen molar-refractivity contribution < 1.29 is 17.9 Å². The van der Waals surface area contributed by atoms with Crippen LogP contribution in [-0.2, 0) is 15.6 Å². The molecular weight excluding hydrogens is 392 g/mol. The Bertz CT molecular complexity index is 801. The summed E-state index contributed by atoms with van der Waals surface area (Å²) >= 11 is 9.09. The molecule has 0 amide bonds. The predicted molar refractivity (Wildman–Crippen MR) is 89.1 cm³/mol. The molecule has 0 aromatic heterocycles. The van der Waals surface area contributed by atoms with E-state index in [2.05, 4.69) is 15.9 Å². The number of hydrogen-bond donors (Lipinski definition) is 0. The first-order valence-electron chi connectivity index (χ1n) is 6.18. The summed E-state index contributed by atoms with van der Waals surface area (Å²) in [7, 11) is -3.10. The van der Waals surface area contributed by atoms with Crippen LogP contribution in [0.25, 0.3) is 0 Å². The van der Waals surface area contributed by atoms with Crippen LogP contribution in [0.1, 0.15) is 15.9 Å². The molecule has 0 N–H and O–H groups in total. The van der Waals surface area contributed by atoms with Gasteiger partial charge in [0.05, 0.1) is 15.8 Å². The average Bonchev–Trinajstić information content (AvgIpc) is 2.41. The Balaban J connectivity index is 2.13. The molecule has 2 rings (SSSR count). The first-order valence-corrected chi connectivity index (χ1v) is 9.42. The Hall–Kier alpha value is -1.37. The summed E-state index contributed by atoms with van der Waals surface area (Å²) in [5, 5.41) is 0.525. The summed E-state index contributed by atoms with van der Waals surface area (Å²) in [6.07, 6.45) is 1.16. The van der Waals surface area contributed by atoms with Crippen molar-refractivity contribution in [3.05, 3.63) is 63.1 Å². The minimum absolute atomic E-state index is 0.0644. The molecule has 0 saturated heterocycles. The van der Waals surface area contributed by atoms with E-state index in [1.807, 2.05) is 0 Å². The Morgan fingerprint density at radius 3 is 2.36 bits per heavy atom. The maximum Gasteiger partial charge on any atom is 0.343 e. The SMILES string of the molecule is CS(=O)(=O)Cc1ccc(C(=O)Oc2ccc(Cl)cc2Br)cc1. The van der Waals surface area contributed by atoms with Gasteiger partial charge in [-0.15, -0.1) is 0 Å². The lowest BCUT2D eigenvalue weighted by molar-refractivity contribution is 0.0733. The summed E-state index contributed by atoms with van der Waals surface area (Å²) in [5.41, 5.74) is 0.950. The zero-order valence-corrected chi connectivity index (χ0v) is 14.7. The number of esters is 1. The molecule has 7 heteroatoms. The van der Waals surface area contributed by atoms with Gasteiger partial charge < -0.3 is 4.74 Å². The predicted octanol–water partition coefficient (Wildman–Crippen LogP) is 3.87. The topological polar surface area (TPSA) is 60.4 Å². The van der Waals surface area contributed by atoms with Gasteiger partial charge in [-0.2, -0.15) is 0 Å². The van der Waals surface area contributed by atoms with E-state index < -0.39 is 15.8 Å². The third-order valence-electron chi connectivity index (χ3n) is 2.72. The molecule has 4 nitrogen and oxygen atoms in total. The van der Waals surface area contributed by atoms with Crippen molar-refractivity contribution in [2.24, 2.45) is 0 Å². The van der Waals surface area contributed by atoms with Gasteiger partial charge in [0, 0.05) is 11.3 Å². The highest BCUT2D eigenvalue weighted by Gasteiger charge is 2.12. The molecule has 0 heterocycles. The lowest BCUT2D eigenvalue weighted by Gasteiger charge is -2.07. The summed E-state index contributed by atoms with van der Waals surface area (Å²) < 4.78 is 28.3. The van der Waals surface area contributed by atoms with E-state index in [1.165, 1.54) is 12.1 Å². The first-order chi connectivity index (χ1) is 10.2. The van der Waals surface area contributed by atoms with Crippen LogP contribution in [0.15, 0.2) is 46.9 Å². The van der Waals surface area contributed by atoms with Crippen LogP contribution < -0.4 is 4.74 Å². The molecule has 2 aromatic carbocycles. The van der Waals surface area contributed by atoms with E-state index >= 15 is 0 Å². The van der Waals surface area contributed by atoms with Gasteiger partial charge in [0.25, 0.3) is 0 Å². The van der Waals surface area contributed by atoms with E-state index in [0.717, 1.165) is 6.26 Å². The lowest BCUT2D eigenvalue weighted by atomic mass is 10.1. The molecule has 0 atom stereocenters. The normalized spacial score (nSPS) is 11.2. The molecule has 116 valence electrons. The van der Waals surface area contributed by atoms with Crippen LogP contribution in [0.2, 0.25) is 5.02 Å². The quantitative estimate of drug-likeness (QED) is 0.574. The van der Waals surface area contributed by atoms with Crippen LogP contribution in [0.5, 0.6) is 5.75 Å². The van der Waals surface area contributed by atoms with Crippen molar-refractivity contribution in [1.29, 1.82) is 0 Å². The van der Waals surface area contributed by atoms with Crippen LogP contribution in [-0.4, -0.2) is 20.6 Å². The molecule has 0 aliphatic carbocycles. The standard InChI is InChI=1S/C15H12BrClO4S/c1-22(19,20)9-10-2-4-11(5-3-10)15(18)21-14-7-6-12(17)8-13(14)16/h2-8H,9H2,1H3. The molecule has 0 unspecified atom stereocenters. The maximum absolute atomic E-state index is 12.1. The summed E-state index contributed by atoms with van der Waals surface area (Å²) in [5.74, 6) is -0.242. The highest BCUT2D eigenvalue weighted by Crippen LogP contribution is 2.28. The number of carbonyl (C=O) groups excluding carboxylic acids is 1. The van der Waals surface area contributed by atoms with Gasteiger partial charge in [-0.05, 0) is 51.8 Å². The minimum atomic E-state index is -3.10. The van der Waals surface area contributed by atoms with Gasteiger partial charge in [-0.1, -0.05) is 23.7 Å². The second-order valence-electron chi connectivity index (χ2n) is 4.73. The molecule has 0 saturated carbocycles. The molecule has 0 spiro atoms. The monoisotopic (exact) mass is 402 g/mol. The number of sulfone groups is 1. The lowest BCUT2D eigenvalue weighted by Crippen LogP contribution is -2.09. The van der Waals surface area contributed by atoms with Gasteiger partial charge in [0.1, 0.15) is 5.75 Å². The number of hydrogen-bond acceptors (Lipinski definition) is 4. The zero-order chi connectivity index (χ0) is 16.3. The van der Waals surface area contributed by atoms with Crippen LogP contribution in [0, 0.1) is 0 Å². The molecule has 0 radical (unpaired) electrons. The van der Waals surface area contributed by atoms with E-state index in [0.29, 0.717) is 26.4 Å². The van der Waals surface area contributed by atoms with E-state index in [4.69, 9.17) is 16.3 Å². The minimum Gasteiger partial charge on any atom is -0.422 e. The van der Waals surface area contributed by atoms with Crippen molar-refractivity contribution in [3.63, 3.8) is 0 Å². The fourth-order valence-corrected chi connectivity index (χ4v) is 3.32. The van der Waals surface area contributed by atoms with E-state index in [9.17, 15) is 13.2 Å². The van der Waals surface area contributed by atoms with Gasteiger partial charge in [-0.25, -0.2) is 13.2 Å². The fourth-order valence-electron chi connectivity index (χ4n) is 1.76. The smallest absolute Gasteiger partial charge is 0.343 e. The maximum atomic E-state index is 12.1. The highest BCUT2D eigenvalue weighted by atomic mass is 79.9. The third kappa shape index (κ3) is 4.83. The average molecular weight is 404 g/mol.